The monoisotopic (exact) mass is 121 g/mol. The summed E-state index contributed by atoms with van der Waals surface area (Å²) in [5, 5.41) is 0. The Morgan fingerprint density at radius 2 is 2.56 bits per heavy atom. The number of rotatable bonds is 0. The molecule has 0 aromatic carbocycles. The van der Waals surface area contributed by atoms with E-state index >= 15 is 0 Å². The predicted octanol–water partition coefficient (Wildman–Crippen LogP) is 1.13. The molecule has 2 rings (SSSR count). The van der Waals surface area contributed by atoms with Gasteiger partial charge in [-0.3, -0.25) is 0 Å². The number of hydrogen-bond acceptors (Lipinski definition) is 2. The van der Waals surface area contributed by atoms with Crippen LogP contribution in [0.2, 0.25) is 0 Å². The van der Waals surface area contributed by atoms with E-state index in [4.69, 9.17) is 9.47 Å². The van der Waals surface area contributed by atoms with Crippen molar-refractivity contribution in [1.82, 2.24) is 0 Å². The van der Waals surface area contributed by atoms with Crippen LogP contribution in [-0.4, -0.2) is 6.61 Å². The molecule has 0 bridgehead atoms. The van der Waals surface area contributed by atoms with Crippen LogP contribution in [0.15, 0.2) is 29.9 Å². The highest BCUT2D eigenvalue weighted by Crippen LogP contribution is 2.21. The Hall–Kier alpha value is -1.18. The molecule has 2 aliphatic heterocycles. The fourth-order valence-corrected chi connectivity index (χ4v) is 0.790. The van der Waals surface area contributed by atoms with E-state index in [0.29, 0.717) is 6.61 Å². The van der Waals surface area contributed by atoms with Crippen LogP contribution in [0.25, 0.3) is 0 Å². The average molecular weight is 121 g/mol. The van der Waals surface area contributed by atoms with Crippen molar-refractivity contribution in [1.29, 1.82) is 0 Å². The fourth-order valence-electron chi connectivity index (χ4n) is 0.790. The summed E-state index contributed by atoms with van der Waals surface area (Å²) in [7, 11) is 0. The molecule has 9 heavy (non-hydrogen) atoms. The van der Waals surface area contributed by atoms with Gasteiger partial charge >= 0.3 is 0 Å². The van der Waals surface area contributed by atoms with Gasteiger partial charge in [0.05, 0.1) is 6.26 Å². The van der Waals surface area contributed by atoms with Crippen LogP contribution in [0.3, 0.4) is 0 Å². The third-order valence-electron chi connectivity index (χ3n) is 1.20. The third-order valence-corrected chi connectivity index (χ3v) is 1.20. The standard InChI is InChI=1S/C7H5O2/c1-2-6-7(8-4-1)3-5-9-6/h1-2,4H,5H2. The van der Waals surface area contributed by atoms with Gasteiger partial charge in [-0.15, -0.1) is 0 Å². The van der Waals surface area contributed by atoms with Crippen LogP contribution < -0.4 is 0 Å². The van der Waals surface area contributed by atoms with E-state index in [2.05, 4.69) is 6.08 Å². The van der Waals surface area contributed by atoms with Crippen LogP contribution in [0.1, 0.15) is 0 Å². The smallest absolute Gasteiger partial charge is 0.175 e. The summed E-state index contributed by atoms with van der Waals surface area (Å²) in [5.74, 6) is 1.51. The Labute approximate surface area is 53.1 Å². The lowest BCUT2D eigenvalue weighted by atomic mass is 10.3. The SMILES string of the molecule is [C]1=C2OC=CC=C2OC1. The molecule has 0 aromatic heterocycles. The molecule has 0 saturated carbocycles. The molecule has 0 aromatic rings. The molecule has 0 spiro atoms. The Bertz CT molecular complexity index is 211. The molecule has 45 valence electrons. The number of allylic oxidation sites excluding steroid dienone is 2. The first-order valence-corrected chi connectivity index (χ1v) is 2.74. The minimum atomic E-state index is 0.517. The minimum absolute atomic E-state index is 0.517. The lowest BCUT2D eigenvalue weighted by molar-refractivity contribution is 0.242. The molecule has 2 aliphatic rings. The highest BCUT2D eigenvalue weighted by atomic mass is 16.5. The first-order valence-electron chi connectivity index (χ1n) is 2.74. The second kappa shape index (κ2) is 1.65. The molecule has 2 heteroatoms. The summed E-state index contributed by atoms with van der Waals surface area (Å²) in [4.78, 5) is 0. The van der Waals surface area contributed by atoms with E-state index in [1.165, 1.54) is 0 Å². The second-order valence-corrected chi connectivity index (χ2v) is 1.77. The Kier molecular flexibility index (Phi) is 0.859. The van der Waals surface area contributed by atoms with Crippen LogP contribution in [0.5, 0.6) is 0 Å². The average Bonchev–Trinajstić information content (AvgIpc) is 2.33. The molecule has 0 aliphatic carbocycles. The van der Waals surface area contributed by atoms with Crippen molar-refractivity contribution in [3.05, 3.63) is 36.0 Å². The van der Waals surface area contributed by atoms with Gasteiger partial charge in [0.1, 0.15) is 6.61 Å². The van der Waals surface area contributed by atoms with E-state index in [0.717, 1.165) is 11.5 Å². The zero-order valence-electron chi connectivity index (χ0n) is 4.76. The Morgan fingerprint density at radius 3 is 3.44 bits per heavy atom. The van der Waals surface area contributed by atoms with Gasteiger partial charge in [-0.2, -0.15) is 0 Å². The summed E-state index contributed by atoms with van der Waals surface area (Å²) in [6.45, 7) is 0.517. The molecule has 1 radical (unpaired) electrons. The molecule has 2 nitrogen and oxygen atoms in total. The van der Waals surface area contributed by atoms with E-state index < -0.39 is 0 Å². The van der Waals surface area contributed by atoms with Gasteiger partial charge in [-0.1, -0.05) is 0 Å². The number of fused-ring (bicyclic) bond motifs is 1. The number of hydrogen-bond donors (Lipinski definition) is 0. The molecule has 0 amide bonds. The lowest BCUT2D eigenvalue weighted by Crippen LogP contribution is -1.90. The van der Waals surface area contributed by atoms with Crippen molar-refractivity contribution in [2.75, 3.05) is 6.61 Å². The predicted molar refractivity (Wildman–Crippen MR) is 31.0 cm³/mol. The normalized spacial score (nSPS) is 21.3. The maximum absolute atomic E-state index is 5.09. The van der Waals surface area contributed by atoms with E-state index in [9.17, 15) is 0 Å². The summed E-state index contributed by atoms with van der Waals surface area (Å²) in [5.41, 5.74) is 0. The van der Waals surface area contributed by atoms with Crippen molar-refractivity contribution in [2.24, 2.45) is 0 Å². The molecule has 0 N–H and O–H groups in total. The highest BCUT2D eigenvalue weighted by molar-refractivity contribution is 5.28. The van der Waals surface area contributed by atoms with Gasteiger partial charge in [0.2, 0.25) is 0 Å². The van der Waals surface area contributed by atoms with Gasteiger partial charge in [0, 0.05) is 6.08 Å². The van der Waals surface area contributed by atoms with Crippen molar-refractivity contribution in [3.63, 3.8) is 0 Å². The first-order chi connectivity index (χ1) is 4.47. The second-order valence-electron chi connectivity index (χ2n) is 1.77. The van der Waals surface area contributed by atoms with Gasteiger partial charge in [0.15, 0.2) is 11.5 Å². The summed E-state index contributed by atoms with van der Waals surface area (Å²) >= 11 is 0. The molecule has 2 heterocycles. The van der Waals surface area contributed by atoms with E-state index in [1.807, 2.05) is 6.08 Å². The largest absolute Gasteiger partial charge is 0.485 e. The summed E-state index contributed by atoms with van der Waals surface area (Å²) < 4.78 is 10.1. The lowest BCUT2D eigenvalue weighted by Gasteiger charge is -2.05. The highest BCUT2D eigenvalue weighted by Gasteiger charge is 2.14. The molecule has 0 saturated heterocycles. The maximum atomic E-state index is 5.09. The van der Waals surface area contributed by atoms with Gasteiger partial charge in [-0.25, -0.2) is 0 Å². The molecular formula is C7H5O2. The third kappa shape index (κ3) is 0.633. The van der Waals surface area contributed by atoms with E-state index in [1.54, 1.807) is 12.3 Å². The molecule has 0 unspecified atom stereocenters. The van der Waals surface area contributed by atoms with Crippen LogP contribution >= 0.6 is 0 Å². The van der Waals surface area contributed by atoms with Crippen molar-refractivity contribution in [2.45, 2.75) is 0 Å². The van der Waals surface area contributed by atoms with Crippen molar-refractivity contribution < 1.29 is 9.47 Å². The molecule has 0 atom stereocenters. The van der Waals surface area contributed by atoms with Crippen LogP contribution in [-0.2, 0) is 9.47 Å². The van der Waals surface area contributed by atoms with Gasteiger partial charge < -0.3 is 9.47 Å². The van der Waals surface area contributed by atoms with Gasteiger partial charge in [0.25, 0.3) is 0 Å². The Morgan fingerprint density at radius 1 is 1.56 bits per heavy atom. The topological polar surface area (TPSA) is 18.5 Å². The van der Waals surface area contributed by atoms with E-state index in [-0.39, 0.29) is 0 Å². The first kappa shape index (κ1) is 4.68. The Balaban J connectivity index is 2.37. The van der Waals surface area contributed by atoms with Crippen molar-refractivity contribution >= 4 is 0 Å². The fraction of sp³-hybridized carbons (Fsp3) is 0.143. The van der Waals surface area contributed by atoms with Crippen LogP contribution in [0.4, 0.5) is 0 Å². The van der Waals surface area contributed by atoms with Crippen molar-refractivity contribution in [3.8, 4) is 0 Å². The quantitative estimate of drug-likeness (QED) is 0.478. The number of ether oxygens (including phenoxy) is 2. The zero-order chi connectivity index (χ0) is 6.10. The molecule has 0 fully saturated rings. The zero-order valence-corrected chi connectivity index (χ0v) is 4.76. The maximum Gasteiger partial charge on any atom is 0.175 e. The van der Waals surface area contributed by atoms with Gasteiger partial charge in [-0.05, 0) is 12.2 Å². The molecular weight excluding hydrogens is 116 g/mol. The minimum Gasteiger partial charge on any atom is -0.485 e. The van der Waals surface area contributed by atoms with Crippen LogP contribution in [0, 0.1) is 6.08 Å². The summed E-state index contributed by atoms with van der Waals surface area (Å²) in [6, 6.07) is 0. The summed E-state index contributed by atoms with van der Waals surface area (Å²) in [6.07, 6.45) is 8.18.